The molecule has 3 aromatic rings. The second-order valence-corrected chi connectivity index (χ2v) is 9.20. The van der Waals surface area contributed by atoms with E-state index in [0.717, 1.165) is 17.5 Å². The zero-order valence-electron chi connectivity index (χ0n) is 20.8. The largest absolute Gasteiger partial charge is 0.468 e. The smallest absolute Gasteiger partial charge is 0.323 e. The summed E-state index contributed by atoms with van der Waals surface area (Å²) in [6.07, 6.45) is 1.78. The van der Waals surface area contributed by atoms with Crippen molar-refractivity contribution in [2.24, 2.45) is 5.92 Å². The number of hydrogen-bond acceptors (Lipinski definition) is 5. The van der Waals surface area contributed by atoms with Crippen LogP contribution < -0.4 is 5.32 Å². The highest BCUT2D eigenvalue weighted by atomic mass is 16.5. The molecule has 0 fully saturated rings. The van der Waals surface area contributed by atoms with E-state index in [1.807, 2.05) is 74.5 Å². The molecule has 0 radical (unpaired) electrons. The van der Waals surface area contributed by atoms with Crippen LogP contribution in [0.4, 0.5) is 0 Å². The molecule has 5 nitrogen and oxygen atoms in total. The van der Waals surface area contributed by atoms with E-state index in [2.05, 4.69) is 29.6 Å². The molecule has 0 amide bonds. The van der Waals surface area contributed by atoms with Gasteiger partial charge in [-0.1, -0.05) is 98.8 Å². The van der Waals surface area contributed by atoms with E-state index in [-0.39, 0.29) is 18.5 Å². The van der Waals surface area contributed by atoms with Crippen LogP contribution in [0.5, 0.6) is 0 Å². The molecule has 0 aromatic heterocycles. The minimum atomic E-state index is -0.667. The molecule has 0 saturated carbocycles. The Morgan fingerprint density at radius 3 is 1.97 bits per heavy atom. The van der Waals surface area contributed by atoms with Gasteiger partial charge in [-0.3, -0.25) is 14.9 Å². The fourth-order valence-corrected chi connectivity index (χ4v) is 4.06. The van der Waals surface area contributed by atoms with Gasteiger partial charge in [-0.15, -0.1) is 0 Å². The van der Waals surface area contributed by atoms with Crippen LogP contribution in [0.1, 0.15) is 42.5 Å². The fourth-order valence-electron chi connectivity index (χ4n) is 4.06. The summed E-state index contributed by atoms with van der Waals surface area (Å²) in [5.74, 6) is -0.526. The van der Waals surface area contributed by atoms with Gasteiger partial charge in [0.05, 0.1) is 7.11 Å². The average Bonchev–Trinajstić information content (AvgIpc) is 2.87. The molecule has 2 atom stereocenters. The first-order chi connectivity index (χ1) is 16.9. The van der Waals surface area contributed by atoms with Gasteiger partial charge >= 0.3 is 11.9 Å². The van der Waals surface area contributed by atoms with Crippen LogP contribution >= 0.6 is 0 Å². The molecule has 1 N–H and O–H groups in total. The highest BCUT2D eigenvalue weighted by Crippen LogP contribution is 2.15. The van der Waals surface area contributed by atoms with Crippen LogP contribution in [0.25, 0.3) is 0 Å². The lowest BCUT2D eigenvalue weighted by molar-refractivity contribution is -0.149. The third-order valence-electron chi connectivity index (χ3n) is 5.79. The Bertz CT molecular complexity index is 1070. The number of hydrogen-bond donors (Lipinski definition) is 1. The van der Waals surface area contributed by atoms with Gasteiger partial charge in [-0.25, -0.2) is 0 Å². The maximum absolute atomic E-state index is 13.0. The molecule has 0 heterocycles. The molecular weight excluding hydrogens is 438 g/mol. The van der Waals surface area contributed by atoms with Crippen molar-refractivity contribution in [1.82, 2.24) is 5.32 Å². The topological polar surface area (TPSA) is 64.6 Å². The lowest BCUT2D eigenvalue weighted by Gasteiger charge is -2.24. The Labute approximate surface area is 208 Å². The van der Waals surface area contributed by atoms with E-state index in [0.29, 0.717) is 12.8 Å². The Morgan fingerprint density at radius 2 is 1.34 bits per heavy atom. The number of esters is 2. The van der Waals surface area contributed by atoms with Crippen molar-refractivity contribution in [3.8, 4) is 0 Å². The zero-order valence-corrected chi connectivity index (χ0v) is 20.8. The summed E-state index contributed by atoms with van der Waals surface area (Å²) in [4.78, 5) is 25.7. The molecule has 184 valence electrons. The first-order valence-electron chi connectivity index (χ1n) is 12.1. The Hall–Kier alpha value is -3.44. The van der Waals surface area contributed by atoms with Crippen molar-refractivity contribution >= 4 is 11.9 Å². The van der Waals surface area contributed by atoms with E-state index < -0.39 is 18.1 Å². The summed E-state index contributed by atoms with van der Waals surface area (Å²) in [5, 5.41) is 3.24. The predicted octanol–water partition coefficient (Wildman–Crippen LogP) is 5.11. The number of rotatable bonds is 12. The van der Waals surface area contributed by atoms with E-state index in [1.165, 1.54) is 18.2 Å². The fraction of sp³-hybridized carbons (Fsp3) is 0.333. The van der Waals surface area contributed by atoms with Crippen LogP contribution in [0.3, 0.4) is 0 Å². The standard InChI is InChI=1S/C30H35NO4/c1-22(2)17-27(30(33)35-21-24-13-8-5-9-14-24)31-28(29(32)34-3)20-26-16-10-15-25(19-26)18-23-11-6-4-7-12-23/h4-16,19,22,27-28,31H,17-18,20-21H2,1-3H3/t27-,28-/m0/s1. The molecule has 3 rings (SSSR count). The maximum atomic E-state index is 13.0. The van der Waals surface area contributed by atoms with Gasteiger partial charge in [0, 0.05) is 0 Å². The number of ether oxygens (including phenoxy) is 2. The average molecular weight is 474 g/mol. The maximum Gasteiger partial charge on any atom is 0.323 e. The molecule has 0 saturated heterocycles. The molecule has 0 aliphatic rings. The third-order valence-corrected chi connectivity index (χ3v) is 5.79. The van der Waals surface area contributed by atoms with Crippen molar-refractivity contribution < 1.29 is 19.1 Å². The molecule has 35 heavy (non-hydrogen) atoms. The first kappa shape index (κ1) is 26.2. The molecule has 5 heteroatoms. The third kappa shape index (κ3) is 8.69. The molecule has 0 aliphatic carbocycles. The molecular formula is C30H35NO4. The van der Waals surface area contributed by atoms with Crippen molar-refractivity contribution in [2.45, 2.75) is 51.8 Å². The lowest BCUT2D eigenvalue weighted by atomic mass is 9.98. The normalized spacial score (nSPS) is 12.7. The summed E-state index contributed by atoms with van der Waals surface area (Å²) in [5.41, 5.74) is 4.31. The van der Waals surface area contributed by atoms with Crippen LogP contribution in [0, 0.1) is 5.92 Å². The molecule has 0 aliphatic heterocycles. The Kier molecular flexibility index (Phi) is 10.1. The van der Waals surface area contributed by atoms with Gasteiger partial charge in [0.25, 0.3) is 0 Å². The summed E-state index contributed by atoms with van der Waals surface area (Å²) in [6.45, 7) is 4.28. The second-order valence-electron chi connectivity index (χ2n) is 9.20. The predicted molar refractivity (Wildman–Crippen MR) is 138 cm³/mol. The Morgan fingerprint density at radius 1 is 0.743 bits per heavy atom. The number of benzene rings is 3. The van der Waals surface area contributed by atoms with Crippen molar-refractivity contribution in [1.29, 1.82) is 0 Å². The first-order valence-corrected chi connectivity index (χ1v) is 12.1. The van der Waals surface area contributed by atoms with Gasteiger partial charge in [0.2, 0.25) is 0 Å². The highest BCUT2D eigenvalue weighted by molar-refractivity contribution is 5.80. The van der Waals surface area contributed by atoms with Gasteiger partial charge in [0.1, 0.15) is 18.7 Å². The van der Waals surface area contributed by atoms with E-state index in [9.17, 15) is 9.59 Å². The lowest BCUT2D eigenvalue weighted by Crippen LogP contribution is -2.49. The van der Waals surface area contributed by atoms with Gasteiger partial charge in [-0.2, -0.15) is 0 Å². The monoisotopic (exact) mass is 473 g/mol. The second kappa shape index (κ2) is 13.4. The van der Waals surface area contributed by atoms with Crippen molar-refractivity contribution in [2.75, 3.05) is 7.11 Å². The van der Waals surface area contributed by atoms with Gasteiger partial charge < -0.3 is 9.47 Å². The summed E-state index contributed by atoms with van der Waals surface area (Å²) in [6, 6.07) is 26.7. The van der Waals surface area contributed by atoms with Crippen LogP contribution in [-0.2, 0) is 38.5 Å². The molecule has 3 aromatic carbocycles. The SMILES string of the molecule is COC(=O)[C@H](Cc1cccc(Cc2ccccc2)c1)N[C@@H](CC(C)C)C(=O)OCc1ccccc1. The van der Waals surface area contributed by atoms with Gasteiger partial charge in [0.15, 0.2) is 0 Å². The zero-order chi connectivity index (χ0) is 25.0. The summed E-state index contributed by atoms with van der Waals surface area (Å²) in [7, 11) is 1.37. The number of nitrogens with one attached hydrogen (secondary N) is 1. The van der Waals surface area contributed by atoms with Crippen LogP contribution in [0.2, 0.25) is 0 Å². The van der Waals surface area contributed by atoms with E-state index in [1.54, 1.807) is 0 Å². The van der Waals surface area contributed by atoms with Crippen LogP contribution in [0.15, 0.2) is 84.9 Å². The Balaban J connectivity index is 1.71. The molecule has 0 unspecified atom stereocenters. The number of carbonyl (C=O) groups excluding carboxylic acids is 2. The minimum Gasteiger partial charge on any atom is -0.468 e. The summed E-state index contributed by atoms with van der Waals surface area (Å²) >= 11 is 0. The van der Waals surface area contributed by atoms with Crippen molar-refractivity contribution in [3.05, 3.63) is 107 Å². The quantitative estimate of drug-likeness (QED) is 0.371. The number of carbonyl (C=O) groups is 2. The number of methoxy groups -OCH3 is 1. The highest BCUT2D eigenvalue weighted by Gasteiger charge is 2.29. The minimum absolute atomic E-state index is 0.195. The molecule has 0 spiro atoms. The van der Waals surface area contributed by atoms with E-state index in [4.69, 9.17) is 9.47 Å². The van der Waals surface area contributed by atoms with E-state index >= 15 is 0 Å². The van der Waals surface area contributed by atoms with Crippen LogP contribution in [-0.4, -0.2) is 31.1 Å². The molecule has 0 bridgehead atoms. The van der Waals surface area contributed by atoms with Gasteiger partial charge in [-0.05, 0) is 47.4 Å². The van der Waals surface area contributed by atoms with Crippen molar-refractivity contribution in [3.63, 3.8) is 0 Å². The summed E-state index contributed by atoms with van der Waals surface area (Å²) < 4.78 is 10.7.